The summed E-state index contributed by atoms with van der Waals surface area (Å²) in [6, 6.07) is 9.93. The molecule has 1 aliphatic rings. The van der Waals surface area contributed by atoms with Crippen LogP contribution in [0.15, 0.2) is 39.9 Å². The van der Waals surface area contributed by atoms with Gasteiger partial charge < -0.3 is 10.1 Å². The molecule has 9 heteroatoms. The molecule has 1 aliphatic heterocycles. The summed E-state index contributed by atoms with van der Waals surface area (Å²) in [5, 5.41) is 3.39. The lowest BCUT2D eigenvalue weighted by atomic mass is 10.2. The normalized spacial score (nSPS) is 15.0. The number of anilines is 1. The van der Waals surface area contributed by atoms with Crippen LogP contribution in [0.25, 0.3) is 11.2 Å². The number of imidazole rings is 1. The molecule has 30 heavy (non-hydrogen) atoms. The van der Waals surface area contributed by atoms with Crippen molar-refractivity contribution in [2.75, 3.05) is 44.7 Å². The van der Waals surface area contributed by atoms with Crippen molar-refractivity contribution in [3.63, 3.8) is 0 Å². The number of nitrogens with zero attached hydrogens (tertiary/aromatic N) is 5. The Morgan fingerprint density at radius 3 is 2.53 bits per heavy atom. The number of ether oxygens (including phenoxy) is 1. The predicted octanol–water partition coefficient (Wildman–Crippen LogP) is 0.616. The maximum absolute atomic E-state index is 12.9. The number of hydrogen-bond donors (Lipinski definition) is 1. The minimum absolute atomic E-state index is 0.335. The van der Waals surface area contributed by atoms with Crippen molar-refractivity contribution in [2.45, 2.75) is 13.0 Å². The minimum atomic E-state index is -0.379. The number of fused-ring (bicyclic) bond motifs is 1. The van der Waals surface area contributed by atoms with Gasteiger partial charge in [0.15, 0.2) is 11.2 Å². The molecule has 0 bridgehead atoms. The molecule has 1 saturated heterocycles. The first-order chi connectivity index (χ1) is 14.6. The molecule has 2 aromatic heterocycles. The van der Waals surface area contributed by atoms with Crippen molar-refractivity contribution in [2.24, 2.45) is 14.1 Å². The third kappa shape index (κ3) is 4.03. The van der Waals surface area contributed by atoms with Gasteiger partial charge in [-0.1, -0.05) is 30.3 Å². The summed E-state index contributed by atoms with van der Waals surface area (Å²) in [7, 11) is 3.14. The molecule has 1 aromatic carbocycles. The highest BCUT2D eigenvalue weighted by molar-refractivity contribution is 5.74. The van der Waals surface area contributed by atoms with Crippen LogP contribution >= 0.6 is 0 Å². The summed E-state index contributed by atoms with van der Waals surface area (Å²) < 4.78 is 9.83. The Kier molecular flexibility index (Phi) is 6.01. The maximum Gasteiger partial charge on any atom is 0.332 e. The van der Waals surface area contributed by atoms with Gasteiger partial charge in [-0.05, 0) is 18.5 Å². The van der Waals surface area contributed by atoms with Gasteiger partial charge in [0, 0.05) is 33.7 Å². The van der Waals surface area contributed by atoms with Gasteiger partial charge in [-0.15, -0.1) is 0 Å². The van der Waals surface area contributed by atoms with Crippen LogP contribution in [0.3, 0.4) is 0 Å². The molecular formula is C21H28N6O3. The zero-order valence-electron chi connectivity index (χ0n) is 17.5. The Morgan fingerprint density at radius 1 is 1.07 bits per heavy atom. The van der Waals surface area contributed by atoms with Gasteiger partial charge in [-0.2, -0.15) is 4.98 Å². The monoisotopic (exact) mass is 412 g/mol. The van der Waals surface area contributed by atoms with Crippen molar-refractivity contribution in [3.8, 4) is 0 Å². The van der Waals surface area contributed by atoms with Gasteiger partial charge in [0.05, 0.1) is 19.8 Å². The molecule has 0 aliphatic carbocycles. The first-order valence-corrected chi connectivity index (χ1v) is 10.3. The van der Waals surface area contributed by atoms with Crippen LogP contribution in [0.4, 0.5) is 5.95 Å². The Bertz CT molecular complexity index is 1130. The van der Waals surface area contributed by atoms with Gasteiger partial charge >= 0.3 is 5.69 Å². The number of nitrogens with one attached hydrogen (secondary N) is 1. The fourth-order valence-electron chi connectivity index (χ4n) is 3.83. The molecule has 0 unspecified atom stereocenters. The summed E-state index contributed by atoms with van der Waals surface area (Å²) in [6.07, 6.45) is 0.950. The van der Waals surface area contributed by atoms with Gasteiger partial charge in [0.25, 0.3) is 5.56 Å². The van der Waals surface area contributed by atoms with Crippen LogP contribution in [0.1, 0.15) is 12.0 Å². The molecule has 3 aromatic rings. The average Bonchev–Trinajstić information content (AvgIpc) is 3.13. The number of aryl methyl sites for hydroxylation is 1. The van der Waals surface area contributed by atoms with E-state index in [0.717, 1.165) is 55.9 Å². The molecule has 3 heterocycles. The van der Waals surface area contributed by atoms with Crippen molar-refractivity contribution in [1.29, 1.82) is 0 Å². The van der Waals surface area contributed by atoms with Gasteiger partial charge in [-0.3, -0.25) is 23.4 Å². The summed E-state index contributed by atoms with van der Waals surface area (Å²) >= 11 is 0. The van der Waals surface area contributed by atoms with E-state index in [1.54, 1.807) is 7.05 Å². The summed E-state index contributed by atoms with van der Waals surface area (Å²) in [4.78, 5) is 32.3. The number of morpholine rings is 1. The van der Waals surface area contributed by atoms with E-state index in [4.69, 9.17) is 4.74 Å². The van der Waals surface area contributed by atoms with Crippen LogP contribution in [0.2, 0.25) is 0 Å². The smallest absolute Gasteiger partial charge is 0.332 e. The highest BCUT2D eigenvalue weighted by Crippen LogP contribution is 2.18. The van der Waals surface area contributed by atoms with Crippen LogP contribution in [0, 0.1) is 0 Å². The summed E-state index contributed by atoms with van der Waals surface area (Å²) in [5.41, 5.74) is 1.17. The third-order valence-electron chi connectivity index (χ3n) is 5.57. The molecule has 4 rings (SSSR count). The number of rotatable bonds is 7. The van der Waals surface area contributed by atoms with Gasteiger partial charge in [0.2, 0.25) is 5.95 Å². The lowest BCUT2D eigenvalue weighted by Gasteiger charge is -2.26. The molecule has 9 nitrogen and oxygen atoms in total. The van der Waals surface area contributed by atoms with Gasteiger partial charge in [-0.25, -0.2) is 4.79 Å². The fourth-order valence-corrected chi connectivity index (χ4v) is 3.83. The van der Waals surface area contributed by atoms with E-state index in [9.17, 15) is 9.59 Å². The highest BCUT2D eigenvalue weighted by atomic mass is 16.5. The first kappa shape index (κ1) is 20.4. The number of aromatic nitrogens is 4. The van der Waals surface area contributed by atoms with Gasteiger partial charge in [0.1, 0.15) is 0 Å². The SMILES string of the molecule is Cn1c(=O)c2c(nc(NCCCN3CCOCC3)n2Cc2ccccc2)n(C)c1=O. The molecule has 0 spiro atoms. The molecular weight excluding hydrogens is 384 g/mol. The second kappa shape index (κ2) is 8.85. The highest BCUT2D eigenvalue weighted by Gasteiger charge is 2.19. The van der Waals surface area contributed by atoms with E-state index in [1.165, 1.54) is 11.6 Å². The van der Waals surface area contributed by atoms with E-state index in [1.807, 2.05) is 34.9 Å². The molecule has 0 radical (unpaired) electrons. The Balaban J connectivity index is 1.62. The predicted molar refractivity (Wildman–Crippen MR) is 116 cm³/mol. The maximum atomic E-state index is 12.9. The third-order valence-corrected chi connectivity index (χ3v) is 5.57. The topological polar surface area (TPSA) is 86.3 Å². The Labute approximate surface area is 174 Å². The van der Waals surface area contributed by atoms with E-state index in [-0.39, 0.29) is 11.2 Å². The average molecular weight is 412 g/mol. The standard InChI is InChI=1S/C21H28N6O3/c1-24-18-17(19(28)25(2)21(24)29)27(15-16-7-4-3-5-8-16)20(23-18)22-9-6-10-26-11-13-30-14-12-26/h3-5,7-8H,6,9-15H2,1-2H3,(H,22,23). The minimum Gasteiger partial charge on any atom is -0.379 e. The zero-order valence-corrected chi connectivity index (χ0v) is 17.5. The lowest BCUT2D eigenvalue weighted by molar-refractivity contribution is 0.0378. The second-order valence-electron chi connectivity index (χ2n) is 7.62. The molecule has 0 amide bonds. The zero-order chi connectivity index (χ0) is 21.1. The Hall–Kier alpha value is -2.91. The van der Waals surface area contributed by atoms with E-state index < -0.39 is 0 Å². The molecule has 1 fully saturated rings. The van der Waals surface area contributed by atoms with Crippen molar-refractivity contribution >= 4 is 17.1 Å². The molecule has 1 N–H and O–H groups in total. The largest absolute Gasteiger partial charge is 0.379 e. The number of benzene rings is 1. The molecule has 0 saturated carbocycles. The molecule has 160 valence electrons. The quantitative estimate of drug-likeness (QED) is 0.573. The summed E-state index contributed by atoms with van der Waals surface area (Å²) in [6.45, 7) is 5.71. The van der Waals surface area contributed by atoms with Crippen LogP contribution in [-0.4, -0.2) is 63.0 Å². The Morgan fingerprint density at radius 2 is 1.80 bits per heavy atom. The van der Waals surface area contributed by atoms with Crippen LogP contribution in [0.5, 0.6) is 0 Å². The van der Waals surface area contributed by atoms with Crippen molar-refractivity contribution in [3.05, 3.63) is 56.7 Å². The first-order valence-electron chi connectivity index (χ1n) is 10.3. The number of hydrogen-bond acceptors (Lipinski definition) is 6. The summed E-state index contributed by atoms with van der Waals surface area (Å²) in [5.74, 6) is 0.606. The van der Waals surface area contributed by atoms with Crippen molar-refractivity contribution in [1.82, 2.24) is 23.6 Å². The lowest BCUT2D eigenvalue weighted by Crippen LogP contribution is -2.37. The van der Waals surface area contributed by atoms with Crippen LogP contribution in [-0.2, 0) is 25.4 Å². The van der Waals surface area contributed by atoms with E-state index in [2.05, 4.69) is 15.2 Å². The second-order valence-corrected chi connectivity index (χ2v) is 7.62. The molecule has 0 atom stereocenters. The fraction of sp³-hybridized carbons (Fsp3) is 0.476. The van der Waals surface area contributed by atoms with Crippen LogP contribution < -0.4 is 16.6 Å². The van der Waals surface area contributed by atoms with Crippen molar-refractivity contribution < 1.29 is 4.74 Å². The van der Waals surface area contributed by atoms with E-state index >= 15 is 0 Å². The van der Waals surface area contributed by atoms with E-state index in [0.29, 0.717) is 23.7 Å².